The number of hydrogen-bond acceptors (Lipinski definition) is 5. The van der Waals surface area contributed by atoms with Gasteiger partial charge in [-0.25, -0.2) is 0 Å². The molecule has 164 valence electrons. The van der Waals surface area contributed by atoms with Crippen molar-refractivity contribution in [2.75, 3.05) is 6.61 Å². The van der Waals surface area contributed by atoms with Crippen LogP contribution in [0.25, 0.3) is 0 Å². The minimum absolute atomic E-state index is 0. The van der Waals surface area contributed by atoms with Crippen LogP contribution >= 0.6 is 12.4 Å². The number of ketones is 2. The maximum Gasteiger partial charge on any atom is 0.139 e. The molecule has 4 rings (SSSR count). The van der Waals surface area contributed by atoms with Gasteiger partial charge in [-0.3, -0.25) is 9.59 Å². The van der Waals surface area contributed by atoms with Crippen LogP contribution in [0.5, 0.6) is 0 Å². The summed E-state index contributed by atoms with van der Waals surface area (Å²) in [7, 11) is 0. The largest absolute Gasteiger partial charge is 0.394 e. The van der Waals surface area contributed by atoms with E-state index >= 15 is 0 Å². The fraction of sp³-hybridized carbons (Fsp3) is 0.870. The number of carbonyl (C=O) groups is 2. The smallest absolute Gasteiger partial charge is 0.139 e. The highest BCUT2D eigenvalue weighted by Gasteiger charge is 2.62. The van der Waals surface area contributed by atoms with Crippen LogP contribution in [0, 0.1) is 34.5 Å². The first-order valence-corrected chi connectivity index (χ1v) is 11.1. The van der Waals surface area contributed by atoms with Gasteiger partial charge in [0.25, 0.3) is 0 Å². The lowest BCUT2D eigenvalue weighted by Gasteiger charge is -2.58. The normalized spacial score (nSPS) is 43.3. The zero-order chi connectivity index (χ0) is 20.3. The summed E-state index contributed by atoms with van der Waals surface area (Å²) in [4.78, 5) is 31.3. The van der Waals surface area contributed by atoms with Gasteiger partial charge in [-0.05, 0) is 75.5 Å². The van der Waals surface area contributed by atoms with E-state index in [-0.39, 0.29) is 29.2 Å². The predicted molar refractivity (Wildman–Crippen MR) is 116 cm³/mol. The summed E-state index contributed by atoms with van der Waals surface area (Å²) in [5.41, 5.74) is 6.43. The van der Waals surface area contributed by atoms with Crippen molar-refractivity contribution in [1.29, 1.82) is 0 Å². The monoisotopic (exact) mass is 424 g/mol. The molecular formula is C23H37ClN2O3. The Balaban J connectivity index is 0.00000240. The molecule has 0 heterocycles. The summed E-state index contributed by atoms with van der Waals surface area (Å²) in [6.07, 6.45) is 7.07. The molecule has 2 N–H and O–H groups in total. The third-order valence-electron chi connectivity index (χ3n) is 8.64. The van der Waals surface area contributed by atoms with Gasteiger partial charge in [-0.1, -0.05) is 19.0 Å². The Bertz CT molecular complexity index is 715. The minimum Gasteiger partial charge on any atom is -0.394 e. The van der Waals surface area contributed by atoms with Gasteiger partial charge in [0, 0.05) is 29.7 Å². The second-order valence-corrected chi connectivity index (χ2v) is 11.1. The summed E-state index contributed by atoms with van der Waals surface area (Å²) in [5, 5.41) is 4.34. The van der Waals surface area contributed by atoms with E-state index in [2.05, 4.69) is 19.0 Å². The Labute approximate surface area is 181 Å². The molecule has 0 saturated heterocycles. The molecule has 0 aromatic rings. The Kier molecular flexibility index (Phi) is 5.99. The standard InChI is InChI=1S/C23H36N2O3.ClH/c1-21(2,24)13-28-25-14-7-9-22(3)17-8-10-23(4)16(5-6-20(23)27)15(17)12-19(26)18(22)11-14;/h15-18H,5-13,24H2,1-4H3;1H/b25-14+;/t15-,16-,17-,18+,22+,23-;/m0./s1. The highest BCUT2D eigenvalue weighted by molar-refractivity contribution is 5.93. The quantitative estimate of drug-likeness (QED) is 0.684. The molecule has 4 aliphatic carbocycles. The first-order chi connectivity index (χ1) is 13.0. The third-order valence-corrected chi connectivity index (χ3v) is 8.64. The molecule has 6 atom stereocenters. The van der Waals surface area contributed by atoms with Crippen LogP contribution < -0.4 is 5.73 Å². The summed E-state index contributed by atoms with van der Waals surface area (Å²) in [6.45, 7) is 8.73. The van der Waals surface area contributed by atoms with Crippen molar-refractivity contribution >= 4 is 29.7 Å². The Morgan fingerprint density at radius 3 is 2.52 bits per heavy atom. The van der Waals surface area contributed by atoms with E-state index in [1.54, 1.807) is 0 Å². The number of oxime groups is 1. The maximum atomic E-state index is 13.2. The average molecular weight is 425 g/mol. The Morgan fingerprint density at radius 1 is 1.10 bits per heavy atom. The molecule has 0 unspecified atom stereocenters. The van der Waals surface area contributed by atoms with E-state index in [1.807, 2.05) is 13.8 Å². The van der Waals surface area contributed by atoms with Crippen LogP contribution in [0.1, 0.15) is 79.1 Å². The van der Waals surface area contributed by atoms with Crippen LogP contribution in [-0.2, 0) is 14.4 Å². The van der Waals surface area contributed by atoms with Crippen LogP contribution in [-0.4, -0.2) is 29.4 Å². The molecule has 4 aliphatic rings. The van der Waals surface area contributed by atoms with Gasteiger partial charge >= 0.3 is 0 Å². The van der Waals surface area contributed by atoms with E-state index in [0.29, 0.717) is 48.8 Å². The first-order valence-electron chi connectivity index (χ1n) is 11.1. The molecular weight excluding hydrogens is 388 g/mol. The fourth-order valence-corrected chi connectivity index (χ4v) is 6.99. The number of fused-ring (bicyclic) bond motifs is 5. The molecule has 29 heavy (non-hydrogen) atoms. The van der Waals surface area contributed by atoms with Gasteiger partial charge in [0.05, 0.1) is 5.71 Å². The van der Waals surface area contributed by atoms with Crippen LogP contribution in [0.4, 0.5) is 0 Å². The van der Waals surface area contributed by atoms with Crippen molar-refractivity contribution in [2.24, 2.45) is 45.4 Å². The fourth-order valence-electron chi connectivity index (χ4n) is 6.99. The second-order valence-electron chi connectivity index (χ2n) is 11.1. The molecule has 0 aromatic carbocycles. The molecule has 4 fully saturated rings. The SMILES string of the molecule is CC(C)(N)CO/N=C1\CC[C@@]2(C)[C@H](C1)C(=O)C[C@@H]1[C@@H]2CC[C@]2(C)C(=O)CC[C@@H]12.Cl. The van der Waals surface area contributed by atoms with Crippen molar-refractivity contribution < 1.29 is 14.4 Å². The number of rotatable bonds is 3. The van der Waals surface area contributed by atoms with Crippen molar-refractivity contribution in [3.05, 3.63) is 0 Å². The number of Topliss-reactive ketones (excluding diaryl/α,β-unsaturated/α-hetero) is 2. The van der Waals surface area contributed by atoms with Gasteiger partial charge in [0.15, 0.2) is 0 Å². The van der Waals surface area contributed by atoms with Crippen molar-refractivity contribution in [3.8, 4) is 0 Å². The molecule has 0 aromatic heterocycles. The molecule has 4 saturated carbocycles. The maximum absolute atomic E-state index is 13.2. The van der Waals surface area contributed by atoms with Crippen LogP contribution in [0.3, 0.4) is 0 Å². The molecule has 6 heteroatoms. The molecule has 0 amide bonds. The van der Waals surface area contributed by atoms with E-state index in [4.69, 9.17) is 10.6 Å². The summed E-state index contributed by atoms with van der Waals surface area (Å²) >= 11 is 0. The van der Waals surface area contributed by atoms with Gasteiger partial charge < -0.3 is 10.6 Å². The predicted octanol–water partition coefficient (Wildman–Crippen LogP) is 4.31. The van der Waals surface area contributed by atoms with Gasteiger partial charge in [0.2, 0.25) is 0 Å². The number of halogens is 1. The molecule has 0 aliphatic heterocycles. The average Bonchev–Trinajstić information content (AvgIpc) is 2.90. The molecule has 0 spiro atoms. The number of carbonyl (C=O) groups excluding carboxylic acids is 2. The molecule has 5 nitrogen and oxygen atoms in total. The topological polar surface area (TPSA) is 81.8 Å². The van der Waals surface area contributed by atoms with Gasteiger partial charge in [-0.15, -0.1) is 12.4 Å². The highest BCUT2D eigenvalue weighted by atomic mass is 35.5. The lowest BCUT2D eigenvalue weighted by atomic mass is 9.45. The number of hydrogen-bond donors (Lipinski definition) is 1. The lowest BCUT2D eigenvalue weighted by molar-refractivity contribution is -0.152. The minimum atomic E-state index is -0.408. The third kappa shape index (κ3) is 3.78. The lowest BCUT2D eigenvalue weighted by Crippen LogP contribution is -2.56. The number of nitrogens with two attached hydrogens (primary N) is 1. The van der Waals surface area contributed by atoms with Crippen molar-refractivity contribution in [1.82, 2.24) is 0 Å². The summed E-state index contributed by atoms with van der Waals surface area (Å²) in [5.74, 6) is 2.24. The Hall–Kier alpha value is -0.940. The molecule has 0 radical (unpaired) electrons. The first kappa shape index (κ1) is 22.7. The summed E-state index contributed by atoms with van der Waals surface area (Å²) < 4.78 is 0. The zero-order valence-electron chi connectivity index (χ0n) is 18.3. The van der Waals surface area contributed by atoms with Crippen molar-refractivity contribution in [3.63, 3.8) is 0 Å². The Morgan fingerprint density at radius 2 is 1.83 bits per heavy atom. The number of nitrogens with zero attached hydrogens (tertiary/aromatic N) is 1. The van der Waals surface area contributed by atoms with Crippen LogP contribution in [0.15, 0.2) is 5.16 Å². The van der Waals surface area contributed by atoms with E-state index < -0.39 is 5.54 Å². The summed E-state index contributed by atoms with van der Waals surface area (Å²) in [6, 6.07) is 0. The molecule has 0 bridgehead atoms. The zero-order valence-corrected chi connectivity index (χ0v) is 19.1. The van der Waals surface area contributed by atoms with Gasteiger partial charge in [-0.2, -0.15) is 0 Å². The van der Waals surface area contributed by atoms with E-state index in [0.717, 1.165) is 44.2 Å². The van der Waals surface area contributed by atoms with Crippen molar-refractivity contribution in [2.45, 2.75) is 84.6 Å². The van der Waals surface area contributed by atoms with Crippen LogP contribution in [0.2, 0.25) is 0 Å². The second kappa shape index (κ2) is 7.64. The van der Waals surface area contributed by atoms with E-state index in [1.165, 1.54) is 0 Å². The van der Waals surface area contributed by atoms with E-state index in [9.17, 15) is 9.59 Å². The highest BCUT2D eigenvalue weighted by Crippen LogP contribution is 2.64. The van der Waals surface area contributed by atoms with Gasteiger partial charge in [0.1, 0.15) is 18.2 Å².